The van der Waals surface area contributed by atoms with E-state index in [4.69, 9.17) is 33.2 Å². The fourth-order valence-electron chi connectivity index (χ4n) is 4.19. The lowest BCUT2D eigenvalue weighted by molar-refractivity contribution is -0.195. The van der Waals surface area contributed by atoms with E-state index in [0.717, 1.165) is 11.1 Å². The highest BCUT2D eigenvalue weighted by atomic mass is 35.5. The third-order valence-electron chi connectivity index (χ3n) is 6.39. The third-order valence-corrected chi connectivity index (χ3v) is 6.56. The molecule has 2 heterocycles. The predicted molar refractivity (Wildman–Crippen MR) is 150 cm³/mol. The highest BCUT2D eigenvalue weighted by molar-refractivity contribution is 6.28. The number of hydrogen-bond acceptors (Lipinski definition) is 10. The summed E-state index contributed by atoms with van der Waals surface area (Å²) in [5, 5.41) is 40.2. The van der Waals surface area contributed by atoms with E-state index >= 15 is 0 Å². The zero-order valence-electron chi connectivity index (χ0n) is 21.9. The second kappa shape index (κ2) is 12.9. The molecule has 3 atom stereocenters. The van der Waals surface area contributed by atoms with E-state index in [1.807, 2.05) is 30.3 Å². The van der Waals surface area contributed by atoms with E-state index in [9.17, 15) is 30.0 Å². The summed E-state index contributed by atoms with van der Waals surface area (Å²) in [6.45, 7) is -1.48. The minimum atomic E-state index is -2.73. The lowest BCUT2D eigenvalue weighted by Crippen LogP contribution is -2.52. The van der Waals surface area contributed by atoms with Crippen LogP contribution in [0.1, 0.15) is 11.8 Å². The molecule has 6 N–H and O–H groups in total. The van der Waals surface area contributed by atoms with Crippen LogP contribution >= 0.6 is 11.6 Å². The zero-order chi connectivity index (χ0) is 30.4. The van der Waals surface area contributed by atoms with Crippen molar-refractivity contribution >= 4 is 40.5 Å². The Morgan fingerprint density at radius 3 is 2.31 bits per heavy atom. The number of terminal acetylenes is 1. The Kier molecular flexibility index (Phi) is 9.36. The lowest BCUT2D eigenvalue weighted by atomic mass is 9.93. The van der Waals surface area contributed by atoms with Gasteiger partial charge in [0.05, 0.1) is 19.5 Å². The maximum absolute atomic E-state index is 12.3. The zero-order valence-corrected chi connectivity index (χ0v) is 22.6. The minimum Gasteiger partial charge on any atom is -0.479 e. The van der Waals surface area contributed by atoms with Crippen molar-refractivity contribution in [1.29, 1.82) is 0 Å². The van der Waals surface area contributed by atoms with Crippen molar-refractivity contribution in [2.45, 2.75) is 30.5 Å². The highest BCUT2D eigenvalue weighted by Gasteiger charge is 2.49. The minimum absolute atomic E-state index is 0.0498. The molecule has 2 aromatic heterocycles. The van der Waals surface area contributed by atoms with Crippen molar-refractivity contribution in [1.82, 2.24) is 19.5 Å². The quantitative estimate of drug-likeness (QED) is 0.0852. The number of anilines is 1. The number of ether oxygens (including phenoxy) is 2. The summed E-state index contributed by atoms with van der Waals surface area (Å²) in [4.78, 5) is 36.5. The second-order valence-electron chi connectivity index (χ2n) is 9.13. The van der Waals surface area contributed by atoms with Gasteiger partial charge in [-0.25, -0.2) is 14.6 Å². The van der Waals surface area contributed by atoms with E-state index in [-0.39, 0.29) is 22.3 Å². The van der Waals surface area contributed by atoms with Crippen LogP contribution in [0.5, 0.6) is 0 Å². The fraction of sp³-hybridized carbons (Fsp3) is 0.250. The first-order valence-electron chi connectivity index (χ1n) is 12.4. The Hall–Kier alpha value is -4.58. The Bertz CT molecular complexity index is 1590. The topological polar surface area (TPSA) is 203 Å². The molecule has 0 unspecified atom stereocenters. The maximum atomic E-state index is 12.3. The van der Waals surface area contributed by atoms with Crippen LogP contribution in [0.3, 0.4) is 0 Å². The number of imidazole rings is 1. The molecule has 4 aromatic rings. The van der Waals surface area contributed by atoms with Crippen molar-refractivity contribution in [3.8, 4) is 23.5 Å². The van der Waals surface area contributed by atoms with Gasteiger partial charge in [0.25, 0.3) is 5.60 Å². The van der Waals surface area contributed by atoms with E-state index < -0.39 is 55.6 Å². The summed E-state index contributed by atoms with van der Waals surface area (Å²) in [5.41, 5.74) is 5.43. The van der Waals surface area contributed by atoms with E-state index in [2.05, 4.69) is 20.9 Å². The molecule has 0 saturated carbocycles. The summed E-state index contributed by atoms with van der Waals surface area (Å²) >= 11 is 5.91. The number of aliphatic carboxylic acids is 2. The molecule has 0 aliphatic heterocycles. The molecule has 14 heteroatoms. The molecule has 0 radical (unpaired) electrons. The number of carboxylic acid groups (broad SMARTS) is 2. The molecule has 42 heavy (non-hydrogen) atoms. The fourth-order valence-corrected chi connectivity index (χ4v) is 4.36. The number of nitrogens with zero attached hydrogens (tertiary/aromatic N) is 4. The van der Waals surface area contributed by atoms with E-state index in [1.165, 1.54) is 10.9 Å². The third kappa shape index (κ3) is 6.33. The summed E-state index contributed by atoms with van der Waals surface area (Å²) in [7, 11) is 0. The predicted octanol–water partition coefficient (Wildman–Crippen LogP) is 1.77. The number of nitrogens with two attached hydrogens (primary N) is 1. The van der Waals surface area contributed by atoms with Crippen LogP contribution < -0.4 is 5.73 Å². The monoisotopic (exact) mass is 595 g/mol. The number of aromatic nitrogens is 4. The molecule has 0 bridgehead atoms. The number of benzene rings is 2. The standard InChI is InChI=1S/C28H26ClN5O8/c1-2-20(36)24(34-15-31-21-22(30)32-27(29)33-23(21)34)42-19(13-35)14-41-28(25(37)38,26(39)40)12-16-8-10-18(11-9-16)17-6-4-3-5-7-17/h1,3-11,15,19-20,24,35-36H,12-14H2,(H,37,38)(H,39,40)(H2,30,32,33)/t19-,20+,24+/m0/s1. The van der Waals surface area contributed by atoms with Crippen molar-refractivity contribution in [2.24, 2.45) is 0 Å². The van der Waals surface area contributed by atoms with Gasteiger partial charge in [-0.05, 0) is 28.3 Å². The van der Waals surface area contributed by atoms with E-state index in [0.29, 0.717) is 5.56 Å². The Labute approximate surface area is 244 Å². The van der Waals surface area contributed by atoms with Gasteiger partial charge < -0.3 is 35.6 Å². The van der Waals surface area contributed by atoms with Gasteiger partial charge in [-0.15, -0.1) is 6.42 Å². The largest absolute Gasteiger partial charge is 0.479 e. The Morgan fingerprint density at radius 2 is 1.71 bits per heavy atom. The van der Waals surface area contributed by atoms with Gasteiger partial charge in [0.2, 0.25) is 5.28 Å². The normalized spacial score (nSPS) is 13.8. The molecule has 13 nitrogen and oxygen atoms in total. The summed E-state index contributed by atoms with van der Waals surface area (Å²) < 4.78 is 12.4. The average Bonchev–Trinajstić information content (AvgIpc) is 3.40. The molecule has 4 rings (SSSR count). The first-order valence-corrected chi connectivity index (χ1v) is 12.8. The summed E-state index contributed by atoms with van der Waals surface area (Å²) in [6, 6.07) is 16.1. The van der Waals surface area contributed by atoms with Crippen LogP contribution in [-0.2, 0) is 25.5 Å². The van der Waals surface area contributed by atoms with Crippen molar-refractivity contribution in [3.63, 3.8) is 0 Å². The number of halogens is 1. The average molecular weight is 596 g/mol. The number of carbonyl (C=O) groups is 2. The summed E-state index contributed by atoms with van der Waals surface area (Å²) in [5.74, 6) is -1.48. The number of fused-ring (bicyclic) bond motifs is 1. The second-order valence-corrected chi connectivity index (χ2v) is 9.47. The number of carboxylic acids is 2. The molecular weight excluding hydrogens is 570 g/mol. The lowest BCUT2D eigenvalue weighted by Gasteiger charge is -2.30. The van der Waals surface area contributed by atoms with Crippen molar-refractivity contribution < 1.29 is 39.5 Å². The van der Waals surface area contributed by atoms with Gasteiger partial charge in [-0.1, -0.05) is 60.5 Å². The molecule has 0 aliphatic rings. The molecular formula is C28H26ClN5O8. The molecule has 0 saturated heterocycles. The SMILES string of the molecule is C#C[C@@H](O)[C@@H](O[C@@H](CO)COC(Cc1ccc(-c2ccccc2)cc1)(C(=O)O)C(=O)O)n1cnc2c(N)nc(Cl)nc21. The smallest absolute Gasteiger partial charge is 0.348 e. The molecule has 0 aliphatic carbocycles. The molecule has 218 valence electrons. The Morgan fingerprint density at radius 1 is 1.07 bits per heavy atom. The van der Waals surface area contributed by atoms with E-state index in [1.54, 1.807) is 24.3 Å². The summed E-state index contributed by atoms with van der Waals surface area (Å²) in [6.07, 6.45) is 1.64. The van der Waals surface area contributed by atoms with Gasteiger partial charge in [0.15, 0.2) is 23.8 Å². The number of nitrogen functional groups attached to an aromatic ring is 1. The van der Waals surface area contributed by atoms with Crippen LogP contribution in [-0.4, -0.2) is 82.9 Å². The van der Waals surface area contributed by atoms with Gasteiger partial charge in [0.1, 0.15) is 11.6 Å². The number of aliphatic hydroxyl groups is 2. The van der Waals surface area contributed by atoms with Crippen LogP contribution in [0, 0.1) is 12.3 Å². The number of hydrogen-bond donors (Lipinski definition) is 5. The van der Waals surface area contributed by atoms with Crippen LogP contribution in [0.25, 0.3) is 22.3 Å². The van der Waals surface area contributed by atoms with Crippen LogP contribution in [0.4, 0.5) is 5.82 Å². The van der Waals surface area contributed by atoms with Gasteiger partial charge in [-0.2, -0.15) is 9.97 Å². The van der Waals surface area contributed by atoms with Crippen LogP contribution in [0.15, 0.2) is 60.9 Å². The molecule has 0 spiro atoms. The highest BCUT2D eigenvalue weighted by Crippen LogP contribution is 2.27. The molecule has 2 aromatic carbocycles. The Balaban J connectivity index is 1.57. The number of rotatable bonds is 13. The first kappa shape index (κ1) is 30.4. The molecule has 0 fully saturated rings. The van der Waals surface area contributed by atoms with Crippen molar-refractivity contribution in [3.05, 3.63) is 71.8 Å². The van der Waals surface area contributed by atoms with Crippen molar-refractivity contribution in [2.75, 3.05) is 18.9 Å². The van der Waals surface area contributed by atoms with Gasteiger partial charge >= 0.3 is 11.9 Å². The molecule has 0 amide bonds. The number of aliphatic hydroxyl groups excluding tert-OH is 2. The van der Waals surface area contributed by atoms with Crippen LogP contribution in [0.2, 0.25) is 5.28 Å². The first-order chi connectivity index (χ1) is 20.1. The maximum Gasteiger partial charge on any atom is 0.348 e. The van der Waals surface area contributed by atoms with Gasteiger partial charge in [0, 0.05) is 6.42 Å². The van der Waals surface area contributed by atoms with Gasteiger partial charge in [-0.3, -0.25) is 4.57 Å².